The number of hydrogen-bond donors (Lipinski definition) is 2. The van der Waals surface area contributed by atoms with Crippen LogP contribution in [0.5, 0.6) is 5.75 Å². The first kappa shape index (κ1) is 17.0. The highest BCUT2D eigenvalue weighted by Gasteiger charge is 2.41. The van der Waals surface area contributed by atoms with Crippen LogP contribution in [0, 0.1) is 11.8 Å². The Labute approximate surface area is 146 Å². The largest absolute Gasteiger partial charge is 0.497 e. The Balaban J connectivity index is 1.59. The van der Waals surface area contributed by atoms with Crippen LogP contribution in [0.2, 0.25) is 0 Å². The Morgan fingerprint density at radius 3 is 2.40 bits per heavy atom. The summed E-state index contributed by atoms with van der Waals surface area (Å²) in [5.74, 6) is -1.17. The number of amides is 1. The highest BCUT2D eigenvalue weighted by atomic mass is 16.5. The van der Waals surface area contributed by atoms with Gasteiger partial charge < -0.3 is 15.2 Å². The van der Waals surface area contributed by atoms with E-state index in [4.69, 9.17) is 9.84 Å². The van der Waals surface area contributed by atoms with E-state index in [1.165, 1.54) is 0 Å². The van der Waals surface area contributed by atoms with E-state index in [1.807, 2.05) is 48.5 Å². The lowest BCUT2D eigenvalue weighted by Crippen LogP contribution is -2.43. The number of hydrogen-bond acceptors (Lipinski definition) is 3. The fourth-order valence-corrected chi connectivity index (χ4v) is 3.05. The maximum atomic E-state index is 12.1. The molecule has 1 amide bonds. The first-order valence-corrected chi connectivity index (χ1v) is 8.32. The molecule has 1 fully saturated rings. The summed E-state index contributed by atoms with van der Waals surface area (Å²) in [6.07, 6.45) is 1.24. The van der Waals surface area contributed by atoms with Gasteiger partial charge in [-0.05, 0) is 41.7 Å². The summed E-state index contributed by atoms with van der Waals surface area (Å²) in [5.41, 5.74) is 3.11. The van der Waals surface area contributed by atoms with Crippen LogP contribution < -0.4 is 10.1 Å². The summed E-state index contributed by atoms with van der Waals surface area (Å²) in [5, 5.41) is 11.9. The Bertz CT molecular complexity index is 770. The van der Waals surface area contributed by atoms with Crippen LogP contribution >= 0.6 is 0 Å². The number of carbonyl (C=O) groups is 2. The van der Waals surface area contributed by atoms with E-state index in [-0.39, 0.29) is 5.91 Å². The monoisotopic (exact) mass is 339 g/mol. The fourth-order valence-electron chi connectivity index (χ4n) is 3.05. The highest BCUT2D eigenvalue weighted by Crippen LogP contribution is 2.34. The van der Waals surface area contributed by atoms with Gasteiger partial charge in [-0.3, -0.25) is 9.59 Å². The van der Waals surface area contributed by atoms with E-state index in [0.29, 0.717) is 19.4 Å². The standard InChI is InChI=1S/C20H21NO4/c1-25-16-4-2-3-15(11-16)14-7-5-13(6-8-14)12-21-19(22)17-9-10-18(17)20(23)24/h2-8,11,17-18H,9-10,12H2,1H3,(H,21,22)(H,23,24). The minimum atomic E-state index is -0.881. The predicted octanol–water partition coefficient (Wildman–Crippen LogP) is 3.09. The van der Waals surface area contributed by atoms with Crippen molar-refractivity contribution in [3.63, 3.8) is 0 Å². The molecule has 3 rings (SSSR count). The van der Waals surface area contributed by atoms with Crippen molar-refractivity contribution in [2.75, 3.05) is 7.11 Å². The van der Waals surface area contributed by atoms with Crippen molar-refractivity contribution in [2.45, 2.75) is 19.4 Å². The van der Waals surface area contributed by atoms with Gasteiger partial charge in [0, 0.05) is 6.54 Å². The molecule has 2 aromatic rings. The smallest absolute Gasteiger partial charge is 0.307 e. The molecule has 2 unspecified atom stereocenters. The second-order valence-corrected chi connectivity index (χ2v) is 6.28. The summed E-state index contributed by atoms with van der Waals surface area (Å²) < 4.78 is 5.24. The Hall–Kier alpha value is -2.82. The van der Waals surface area contributed by atoms with Crippen LogP contribution in [0.15, 0.2) is 48.5 Å². The zero-order valence-corrected chi connectivity index (χ0v) is 14.1. The van der Waals surface area contributed by atoms with E-state index >= 15 is 0 Å². The van der Waals surface area contributed by atoms with Crippen molar-refractivity contribution >= 4 is 11.9 Å². The van der Waals surface area contributed by atoms with Gasteiger partial charge in [0.1, 0.15) is 5.75 Å². The van der Waals surface area contributed by atoms with Gasteiger partial charge in [0.15, 0.2) is 0 Å². The van der Waals surface area contributed by atoms with Crippen molar-refractivity contribution in [3.8, 4) is 16.9 Å². The maximum absolute atomic E-state index is 12.1. The minimum absolute atomic E-state index is 0.171. The molecule has 0 radical (unpaired) electrons. The summed E-state index contributed by atoms with van der Waals surface area (Å²) in [6, 6.07) is 15.8. The number of carboxylic acid groups (broad SMARTS) is 1. The van der Waals surface area contributed by atoms with Crippen molar-refractivity contribution < 1.29 is 19.4 Å². The van der Waals surface area contributed by atoms with E-state index in [9.17, 15) is 9.59 Å². The van der Waals surface area contributed by atoms with Gasteiger partial charge in [0.05, 0.1) is 18.9 Å². The average Bonchev–Trinajstić information content (AvgIpc) is 2.59. The van der Waals surface area contributed by atoms with Gasteiger partial charge >= 0.3 is 5.97 Å². The van der Waals surface area contributed by atoms with Crippen molar-refractivity contribution in [1.82, 2.24) is 5.32 Å². The third-order valence-electron chi connectivity index (χ3n) is 4.75. The molecule has 25 heavy (non-hydrogen) atoms. The molecule has 0 aliphatic heterocycles. The maximum Gasteiger partial charge on any atom is 0.307 e. The third kappa shape index (κ3) is 3.82. The fraction of sp³-hybridized carbons (Fsp3) is 0.300. The molecule has 1 aliphatic carbocycles. The molecule has 2 aromatic carbocycles. The van der Waals surface area contributed by atoms with Gasteiger partial charge in [0.2, 0.25) is 5.91 Å². The Kier molecular flexibility index (Phi) is 5.03. The molecule has 2 N–H and O–H groups in total. The molecule has 130 valence electrons. The molecular formula is C20H21NO4. The van der Waals surface area contributed by atoms with Gasteiger partial charge in [-0.15, -0.1) is 0 Å². The summed E-state index contributed by atoms with van der Waals surface area (Å²) in [4.78, 5) is 23.1. The predicted molar refractivity (Wildman–Crippen MR) is 94.1 cm³/mol. The number of methoxy groups -OCH3 is 1. The third-order valence-corrected chi connectivity index (χ3v) is 4.75. The molecule has 5 heteroatoms. The van der Waals surface area contributed by atoms with Crippen molar-refractivity contribution in [3.05, 3.63) is 54.1 Å². The molecule has 2 atom stereocenters. The molecule has 0 aromatic heterocycles. The molecule has 0 spiro atoms. The van der Waals surface area contributed by atoms with E-state index in [2.05, 4.69) is 5.32 Å². The summed E-state index contributed by atoms with van der Waals surface area (Å²) >= 11 is 0. The number of carboxylic acids is 1. The Morgan fingerprint density at radius 1 is 1.08 bits per heavy atom. The quantitative estimate of drug-likeness (QED) is 0.848. The number of nitrogens with one attached hydrogen (secondary N) is 1. The normalized spacial score (nSPS) is 18.9. The second-order valence-electron chi connectivity index (χ2n) is 6.28. The molecule has 5 nitrogen and oxygen atoms in total. The molecule has 0 heterocycles. The van der Waals surface area contributed by atoms with Crippen molar-refractivity contribution in [2.24, 2.45) is 11.8 Å². The molecule has 0 saturated heterocycles. The second kappa shape index (κ2) is 7.38. The number of rotatable bonds is 6. The van der Waals surface area contributed by atoms with E-state index < -0.39 is 17.8 Å². The zero-order chi connectivity index (χ0) is 17.8. The summed E-state index contributed by atoms with van der Waals surface area (Å²) in [6.45, 7) is 0.403. The van der Waals surface area contributed by atoms with E-state index in [0.717, 1.165) is 22.4 Å². The average molecular weight is 339 g/mol. The van der Waals surface area contributed by atoms with Gasteiger partial charge in [-0.25, -0.2) is 0 Å². The Morgan fingerprint density at radius 2 is 1.80 bits per heavy atom. The van der Waals surface area contributed by atoms with Crippen LogP contribution in [0.25, 0.3) is 11.1 Å². The highest BCUT2D eigenvalue weighted by molar-refractivity contribution is 5.86. The molecular weight excluding hydrogens is 318 g/mol. The van der Waals surface area contributed by atoms with Crippen LogP contribution in [0.4, 0.5) is 0 Å². The van der Waals surface area contributed by atoms with Crippen molar-refractivity contribution in [1.29, 1.82) is 0 Å². The summed E-state index contributed by atoms with van der Waals surface area (Å²) in [7, 11) is 1.64. The number of carbonyl (C=O) groups excluding carboxylic acids is 1. The van der Waals surface area contributed by atoms with E-state index in [1.54, 1.807) is 7.11 Å². The topological polar surface area (TPSA) is 75.6 Å². The lowest BCUT2D eigenvalue weighted by molar-refractivity contribution is -0.152. The van der Waals surface area contributed by atoms with Crippen LogP contribution in [-0.2, 0) is 16.1 Å². The van der Waals surface area contributed by atoms with Gasteiger partial charge in [0.25, 0.3) is 0 Å². The number of benzene rings is 2. The number of ether oxygens (including phenoxy) is 1. The molecule has 0 bridgehead atoms. The minimum Gasteiger partial charge on any atom is -0.497 e. The van der Waals surface area contributed by atoms with Gasteiger partial charge in [-0.2, -0.15) is 0 Å². The zero-order valence-electron chi connectivity index (χ0n) is 14.1. The first-order valence-electron chi connectivity index (χ1n) is 8.32. The lowest BCUT2D eigenvalue weighted by Gasteiger charge is -2.31. The van der Waals surface area contributed by atoms with Crippen LogP contribution in [0.1, 0.15) is 18.4 Å². The lowest BCUT2D eigenvalue weighted by atomic mass is 9.73. The van der Waals surface area contributed by atoms with Crippen LogP contribution in [0.3, 0.4) is 0 Å². The molecule has 1 aliphatic rings. The molecule has 1 saturated carbocycles. The number of aliphatic carboxylic acids is 1. The van der Waals surface area contributed by atoms with Gasteiger partial charge in [-0.1, -0.05) is 36.4 Å². The first-order chi connectivity index (χ1) is 12.1. The van der Waals surface area contributed by atoms with Crippen LogP contribution in [-0.4, -0.2) is 24.1 Å². The SMILES string of the molecule is COc1cccc(-c2ccc(CNC(=O)C3CCC3C(=O)O)cc2)c1.